The Kier molecular flexibility index (Phi) is 6.76. The number of aryl methyl sites for hydroxylation is 1. The molecule has 0 unspecified atom stereocenters. The van der Waals surface area contributed by atoms with Gasteiger partial charge in [-0.15, -0.1) is 0 Å². The van der Waals surface area contributed by atoms with E-state index in [1.807, 2.05) is 19.9 Å². The fourth-order valence-electron chi connectivity index (χ4n) is 6.10. The van der Waals surface area contributed by atoms with E-state index >= 15 is 4.39 Å². The minimum absolute atomic E-state index is 0.0258. The highest BCUT2D eigenvalue weighted by Gasteiger charge is 2.27. The van der Waals surface area contributed by atoms with Gasteiger partial charge < -0.3 is 10.2 Å². The van der Waals surface area contributed by atoms with Gasteiger partial charge in [0.05, 0.1) is 6.20 Å². The van der Waals surface area contributed by atoms with Crippen LogP contribution in [0.2, 0.25) is 0 Å². The summed E-state index contributed by atoms with van der Waals surface area (Å²) in [5.41, 5.74) is 3.81. The molecular weight excluding hydrogens is 498 g/mol. The molecule has 39 heavy (non-hydrogen) atoms. The van der Waals surface area contributed by atoms with E-state index in [0.717, 1.165) is 43.6 Å². The average Bonchev–Trinajstić information content (AvgIpc) is 3.26. The van der Waals surface area contributed by atoms with Crippen LogP contribution in [0.3, 0.4) is 0 Å². The van der Waals surface area contributed by atoms with Crippen LogP contribution in [0.1, 0.15) is 49.6 Å². The first-order valence-corrected chi connectivity index (χ1v) is 13.6. The van der Waals surface area contributed by atoms with Crippen LogP contribution < -0.4 is 5.32 Å². The maximum atomic E-state index is 15.0. The van der Waals surface area contributed by atoms with Gasteiger partial charge in [-0.3, -0.25) is 9.58 Å². The van der Waals surface area contributed by atoms with Crippen molar-refractivity contribution >= 4 is 22.7 Å². The third-order valence-electron chi connectivity index (χ3n) is 7.94. The molecule has 1 fully saturated rings. The molecule has 4 aromatic rings. The molecule has 2 aliphatic rings. The SMILES string of the molecule is CC(C)c1c2cc(-c3nc(Nc4ccc5c(n4)CCN([C@@H]4CCCN(C)C4)C5)ncc3F)cc(F)c2nn1C. The number of piperidine rings is 1. The number of halogens is 2. The molecule has 0 bridgehead atoms. The zero-order valence-electron chi connectivity index (χ0n) is 22.9. The van der Waals surface area contributed by atoms with Crippen molar-refractivity contribution in [2.24, 2.45) is 7.05 Å². The van der Waals surface area contributed by atoms with Crippen LogP contribution in [-0.4, -0.2) is 67.3 Å². The number of hydrogen-bond acceptors (Lipinski definition) is 7. The van der Waals surface area contributed by atoms with Crippen molar-refractivity contribution in [3.05, 3.63) is 59.0 Å². The second-order valence-corrected chi connectivity index (χ2v) is 11.1. The molecular formula is C29H34F2N8. The van der Waals surface area contributed by atoms with Crippen molar-refractivity contribution in [2.45, 2.75) is 51.6 Å². The predicted molar refractivity (Wildman–Crippen MR) is 148 cm³/mol. The Hall–Kier alpha value is -3.50. The van der Waals surface area contributed by atoms with E-state index in [0.29, 0.717) is 22.8 Å². The third kappa shape index (κ3) is 4.98. The van der Waals surface area contributed by atoms with E-state index in [4.69, 9.17) is 4.98 Å². The molecule has 8 nitrogen and oxygen atoms in total. The van der Waals surface area contributed by atoms with E-state index in [2.05, 4.69) is 43.3 Å². The van der Waals surface area contributed by atoms with Crippen LogP contribution in [0, 0.1) is 11.6 Å². The Bertz CT molecular complexity index is 1530. The summed E-state index contributed by atoms with van der Waals surface area (Å²) in [5, 5.41) is 8.10. The topological polar surface area (TPSA) is 75.0 Å². The molecule has 3 aromatic heterocycles. The zero-order valence-corrected chi connectivity index (χ0v) is 22.9. The highest BCUT2D eigenvalue weighted by Crippen LogP contribution is 2.32. The summed E-state index contributed by atoms with van der Waals surface area (Å²) < 4.78 is 31.6. The number of rotatable bonds is 5. The Morgan fingerprint density at radius 3 is 2.69 bits per heavy atom. The molecule has 0 radical (unpaired) electrons. The summed E-state index contributed by atoms with van der Waals surface area (Å²) in [4.78, 5) is 18.4. The van der Waals surface area contributed by atoms with Gasteiger partial charge in [0, 0.05) is 61.5 Å². The lowest BCUT2D eigenvalue weighted by atomic mass is 9.99. The first kappa shape index (κ1) is 25.8. The third-order valence-corrected chi connectivity index (χ3v) is 7.94. The number of pyridine rings is 1. The Morgan fingerprint density at radius 1 is 1.05 bits per heavy atom. The molecule has 0 spiro atoms. The minimum Gasteiger partial charge on any atom is -0.309 e. The molecule has 1 N–H and O–H groups in total. The largest absolute Gasteiger partial charge is 0.309 e. The molecule has 6 rings (SSSR count). The molecule has 0 amide bonds. The van der Waals surface area contributed by atoms with Gasteiger partial charge in [-0.2, -0.15) is 5.10 Å². The first-order valence-electron chi connectivity index (χ1n) is 13.6. The first-order chi connectivity index (χ1) is 18.8. The molecule has 2 aliphatic heterocycles. The molecule has 5 heterocycles. The van der Waals surface area contributed by atoms with E-state index in [-0.39, 0.29) is 23.1 Å². The van der Waals surface area contributed by atoms with Gasteiger partial charge in [0.2, 0.25) is 5.95 Å². The van der Waals surface area contributed by atoms with Gasteiger partial charge in [0.15, 0.2) is 11.6 Å². The number of nitrogens with one attached hydrogen (secondary N) is 1. The second kappa shape index (κ2) is 10.2. The van der Waals surface area contributed by atoms with Gasteiger partial charge in [-0.25, -0.2) is 23.7 Å². The summed E-state index contributed by atoms with van der Waals surface area (Å²) in [7, 11) is 3.99. The molecule has 10 heteroatoms. The Balaban J connectivity index is 1.25. The normalized spacial score (nSPS) is 18.6. The molecule has 0 aliphatic carbocycles. The van der Waals surface area contributed by atoms with Crippen molar-refractivity contribution in [3.63, 3.8) is 0 Å². The number of fused-ring (bicyclic) bond motifs is 2. The van der Waals surface area contributed by atoms with Crippen LogP contribution >= 0.6 is 0 Å². The number of hydrogen-bond donors (Lipinski definition) is 1. The number of likely N-dealkylation sites (tertiary alicyclic amines) is 1. The van der Waals surface area contributed by atoms with Crippen LogP contribution in [-0.2, 0) is 20.0 Å². The minimum atomic E-state index is -0.624. The highest BCUT2D eigenvalue weighted by molar-refractivity contribution is 5.87. The van der Waals surface area contributed by atoms with Crippen molar-refractivity contribution < 1.29 is 8.78 Å². The zero-order chi connectivity index (χ0) is 27.3. The number of likely N-dealkylation sites (N-methyl/N-ethyl adjacent to an activating group) is 1. The maximum absolute atomic E-state index is 15.0. The van der Waals surface area contributed by atoms with Crippen LogP contribution in [0.5, 0.6) is 0 Å². The van der Waals surface area contributed by atoms with E-state index in [9.17, 15) is 4.39 Å². The van der Waals surface area contributed by atoms with Gasteiger partial charge >= 0.3 is 0 Å². The predicted octanol–water partition coefficient (Wildman–Crippen LogP) is 5.02. The van der Waals surface area contributed by atoms with E-state index in [1.165, 1.54) is 31.0 Å². The average molecular weight is 533 g/mol. The van der Waals surface area contributed by atoms with Gasteiger partial charge in [0.1, 0.15) is 17.0 Å². The lowest BCUT2D eigenvalue weighted by Crippen LogP contribution is -2.48. The molecule has 1 aromatic carbocycles. The summed E-state index contributed by atoms with van der Waals surface area (Å²) in [6, 6.07) is 7.64. The smallest absolute Gasteiger partial charge is 0.229 e. The van der Waals surface area contributed by atoms with Crippen LogP contribution in [0.25, 0.3) is 22.2 Å². The summed E-state index contributed by atoms with van der Waals surface area (Å²) >= 11 is 0. The lowest BCUT2D eigenvalue weighted by molar-refractivity contribution is 0.100. The molecule has 204 valence electrons. The fraction of sp³-hybridized carbons (Fsp3) is 0.448. The Morgan fingerprint density at radius 2 is 1.90 bits per heavy atom. The van der Waals surface area contributed by atoms with Crippen LogP contribution in [0.4, 0.5) is 20.5 Å². The number of aromatic nitrogens is 5. The van der Waals surface area contributed by atoms with E-state index < -0.39 is 11.6 Å². The maximum Gasteiger partial charge on any atom is 0.229 e. The number of anilines is 2. The van der Waals surface area contributed by atoms with Crippen molar-refractivity contribution in [3.8, 4) is 11.3 Å². The van der Waals surface area contributed by atoms with Crippen molar-refractivity contribution in [1.29, 1.82) is 0 Å². The van der Waals surface area contributed by atoms with Crippen molar-refractivity contribution in [1.82, 2.24) is 34.5 Å². The monoisotopic (exact) mass is 532 g/mol. The summed E-state index contributed by atoms with van der Waals surface area (Å²) in [6.45, 7) is 8.22. The quantitative estimate of drug-likeness (QED) is 0.387. The van der Waals surface area contributed by atoms with E-state index in [1.54, 1.807) is 17.8 Å². The summed E-state index contributed by atoms with van der Waals surface area (Å²) in [6.07, 6.45) is 4.47. The van der Waals surface area contributed by atoms with Crippen molar-refractivity contribution in [2.75, 3.05) is 32.0 Å². The van der Waals surface area contributed by atoms with Crippen LogP contribution in [0.15, 0.2) is 30.5 Å². The number of nitrogens with zero attached hydrogens (tertiary/aromatic N) is 7. The number of benzene rings is 1. The fourth-order valence-corrected chi connectivity index (χ4v) is 6.10. The highest BCUT2D eigenvalue weighted by atomic mass is 19.1. The van der Waals surface area contributed by atoms with Gasteiger partial charge in [0.25, 0.3) is 0 Å². The molecule has 0 saturated carbocycles. The lowest BCUT2D eigenvalue weighted by Gasteiger charge is -2.40. The second-order valence-electron chi connectivity index (χ2n) is 11.1. The molecule has 1 atom stereocenters. The van der Waals surface area contributed by atoms with Gasteiger partial charge in [-0.05, 0) is 56.1 Å². The summed E-state index contributed by atoms with van der Waals surface area (Å²) in [5.74, 6) is -0.206. The standard InChI is InChI=1S/C29H34F2N8/c1-17(2)28-21-12-19(13-22(30)27(21)36-38(28)4)26-23(31)14-32-29(35-26)34-25-8-7-18-15-39(11-9-24(18)33-25)20-6-5-10-37(3)16-20/h7-8,12-14,17,20H,5-6,9-11,15-16H2,1-4H3,(H,32,33,34,35)/t20-/m1/s1. The Labute approximate surface area is 227 Å². The molecule has 1 saturated heterocycles. The van der Waals surface area contributed by atoms with Gasteiger partial charge in [-0.1, -0.05) is 19.9 Å².